The van der Waals surface area contributed by atoms with Crippen LogP contribution in [-0.4, -0.2) is 41.2 Å². The minimum absolute atomic E-state index is 0.0870. The zero-order valence-electron chi connectivity index (χ0n) is 15.0. The number of hydrogen-bond donors (Lipinski definition) is 1. The molecule has 6 nitrogen and oxygen atoms in total. The van der Waals surface area contributed by atoms with Crippen molar-refractivity contribution in [3.05, 3.63) is 35.9 Å². The maximum absolute atomic E-state index is 12.1. The number of hydrogen-bond acceptors (Lipinski definition) is 6. The van der Waals surface area contributed by atoms with Gasteiger partial charge in [-0.25, -0.2) is 9.59 Å². The van der Waals surface area contributed by atoms with Crippen molar-refractivity contribution in [2.75, 3.05) is 12.4 Å². The number of carbonyl (C=O) groups excluding carboxylic acids is 3. The van der Waals surface area contributed by atoms with Crippen molar-refractivity contribution in [1.29, 1.82) is 0 Å². The van der Waals surface area contributed by atoms with E-state index in [1.807, 2.05) is 30.3 Å². The van der Waals surface area contributed by atoms with Gasteiger partial charge in [-0.1, -0.05) is 42.1 Å². The molecule has 0 aliphatic rings. The number of rotatable bonds is 7. The molecule has 1 atom stereocenters. The first-order chi connectivity index (χ1) is 11.7. The molecule has 0 aromatic heterocycles. The van der Waals surface area contributed by atoms with Gasteiger partial charge in [-0.2, -0.15) is 0 Å². The Morgan fingerprint density at radius 2 is 1.80 bits per heavy atom. The quantitative estimate of drug-likeness (QED) is 0.746. The van der Waals surface area contributed by atoms with Crippen LogP contribution in [-0.2, 0) is 25.5 Å². The lowest BCUT2D eigenvalue weighted by molar-refractivity contribution is -0.144. The van der Waals surface area contributed by atoms with E-state index in [1.165, 1.54) is 0 Å². The van der Waals surface area contributed by atoms with Crippen LogP contribution in [0.3, 0.4) is 0 Å². The third-order valence-corrected chi connectivity index (χ3v) is 3.83. The Bertz CT molecular complexity index is 583. The van der Waals surface area contributed by atoms with Crippen molar-refractivity contribution >= 4 is 28.9 Å². The molecular formula is C18H25NO5S. The summed E-state index contributed by atoms with van der Waals surface area (Å²) in [7, 11) is 0. The van der Waals surface area contributed by atoms with Gasteiger partial charge < -0.3 is 14.8 Å². The maximum Gasteiger partial charge on any atom is 0.408 e. The van der Waals surface area contributed by atoms with E-state index in [4.69, 9.17) is 9.47 Å². The standard InChI is InChI=1S/C18H25NO5S/c1-5-23-16(21)14(19-17(22)24-18(2,3)4)12-25-15(20)11-13-9-7-6-8-10-13/h6-10,14H,5,11-12H2,1-4H3,(H,19,22)/t14-/m1/s1. The van der Waals surface area contributed by atoms with E-state index in [9.17, 15) is 14.4 Å². The van der Waals surface area contributed by atoms with Crippen molar-refractivity contribution in [3.63, 3.8) is 0 Å². The van der Waals surface area contributed by atoms with E-state index >= 15 is 0 Å². The summed E-state index contributed by atoms with van der Waals surface area (Å²) in [6.07, 6.45) is -0.463. The molecule has 1 amide bonds. The van der Waals surface area contributed by atoms with Gasteiger partial charge in [-0.05, 0) is 33.3 Å². The van der Waals surface area contributed by atoms with Gasteiger partial charge in [-0.15, -0.1) is 0 Å². The van der Waals surface area contributed by atoms with Crippen LogP contribution < -0.4 is 5.32 Å². The fourth-order valence-electron chi connectivity index (χ4n) is 1.85. The van der Waals surface area contributed by atoms with Crippen LogP contribution >= 0.6 is 11.8 Å². The SMILES string of the molecule is CCOC(=O)[C@@H](CSC(=O)Cc1ccccc1)NC(=O)OC(C)(C)C. The molecule has 0 radical (unpaired) electrons. The monoisotopic (exact) mass is 367 g/mol. The highest BCUT2D eigenvalue weighted by Gasteiger charge is 2.26. The smallest absolute Gasteiger partial charge is 0.408 e. The van der Waals surface area contributed by atoms with Crippen LogP contribution in [0.5, 0.6) is 0 Å². The average molecular weight is 367 g/mol. The van der Waals surface area contributed by atoms with Crippen LogP contribution in [0.25, 0.3) is 0 Å². The largest absolute Gasteiger partial charge is 0.464 e. The van der Waals surface area contributed by atoms with E-state index in [2.05, 4.69) is 5.32 Å². The molecule has 0 bridgehead atoms. The summed E-state index contributed by atoms with van der Waals surface area (Å²) in [5.74, 6) is -0.502. The summed E-state index contributed by atoms with van der Waals surface area (Å²) in [4.78, 5) is 36.0. The number of esters is 1. The summed E-state index contributed by atoms with van der Waals surface area (Å²) >= 11 is 0.983. The molecule has 25 heavy (non-hydrogen) atoms. The van der Waals surface area contributed by atoms with Gasteiger partial charge in [0.1, 0.15) is 11.6 Å². The number of alkyl carbamates (subject to hydrolysis) is 1. The third kappa shape index (κ3) is 9.14. The number of ether oxygens (including phenoxy) is 2. The minimum Gasteiger partial charge on any atom is -0.464 e. The molecule has 1 N–H and O–H groups in total. The molecule has 0 saturated carbocycles. The Balaban J connectivity index is 2.59. The second-order valence-electron chi connectivity index (χ2n) is 6.30. The molecule has 0 fully saturated rings. The zero-order chi connectivity index (χ0) is 18.9. The number of amides is 1. The van der Waals surface area contributed by atoms with Gasteiger partial charge in [0.15, 0.2) is 5.12 Å². The molecule has 0 aliphatic heterocycles. The summed E-state index contributed by atoms with van der Waals surface area (Å²) in [6, 6.07) is 8.38. The molecule has 0 saturated heterocycles. The van der Waals surface area contributed by atoms with Crippen LogP contribution in [0.2, 0.25) is 0 Å². The van der Waals surface area contributed by atoms with E-state index in [-0.39, 0.29) is 23.9 Å². The first-order valence-electron chi connectivity index (χ1n) is 8.07. The van der Waals surface area contributed by atoms with Crippen molar-refractivity contribution in [3.8, 4) is 0 Å². The molecule has 1 aromatic carbocycles. The second kappa shape index (κ2) is 10.1. The first kappa shape index (κ1) is 21.0. The normalized spacial score (nSPS) is 12.2. The molecule has 1 aromatic rings. The van der Waals surface area contributed by atoms with Crippen LogP contribution in [0.15, 0.2) is 30.3 Å². The van der Waals surface area contributed by atoms with Crippen molar-refractivity contribution in [2.24, 2.45) is 0 Å². The Labute approximate surface area is 152 Å². The highest BCUT2D eigenvalue weighted by Crippen LogP contribution is 2.12. The molecule has 7 heteroatoms. The summed E-state index contributed by atoms with van der Waals surface area (Å²) < 4.78 is 10.1. The number of nitrogens with one attached hydrogen (secondary N) is 1. The Hall–Kier alpha value is -2.02. The Morgan fingerprint density at radius 1 is 1.16 bits per heavy atom. The minimum atomic E-state index is -0.945. The highest BCUT2D eigenvalue weighted by atomic mass is 32.2. The van der Waals surface area contributed by atoms with Crippen LogP contribution in [0.4, 0.5) is 4.79 Å². The van der Waals surface area contributed by atoms with Gasteiger partial charge >= 0.3 is 12.1 Å². The van der Waals surface area contributed by atoms with Crippen LogP contribution in [0.1, 0.15) is 33.3 Å². The average Bonchev–Trinajstić information content (AvgIpc) is 2.50. The lowest BCUT2D eigenvalue weighted by Crippen LogP contribution is -2.46. The molecule has 1 rings (SSSR count). The van der Waals surface area contributed by atoms with Gasteiger partial charge in [0.2, 0.25) is 0 Å². The van der Waals surface area contributed by atoms with E-state index in [0.29, 0.717) is 0 Å². The molecule has 0 heterocycles. The molecule has 0 spiro atoms. The lowest BCUT2D eigenvalue weighted by atomic mass is 10.2. The Kier molecular flexibility index (Phi) is 8.48. The topological polar surface area (TPSA) is 81.7 Å². The second-order valence-corrected chi connectivity index (χ2v) is 7.37. The van der Waals surface area contributed by atoms with Gasteiger partial charge in [0.25, 0.3) is 0 Å². The predicted molar refractivity (Wildman–Crippen MR) is 97.4 cm³/mol. The van der Waals surface area contributed by atoms with Gasteiger partial charge in [0.05, 0.1) is 6.61 Å². The fourth-order valence-corrected chi connectivity index (χ4v) is 2.69. The fraction of sp³-hybridized carbons (Fsp3) is 0.500. The van der Waals surface area contributed by atoms with Gasteiger partial charge in [0, 0.05) is 12.2 Å². The number of thioether (sulfide) groups is 1. The third-order valence-electron chi connectivity index (χ3n) is 2.86. The van der Waals surface area contributed by atoms with Crippen molar-refractivity contribution in [2.45, 2.75) is 45.8 Å². The van der Waals surface area contributed by atoms with E-state index in [1.54, 1.807) is 27.7 Å². The van der Waals surface area contributed by atoms with Crippen molar-refractivity contribution in [1.82, 2.24) is 5.32 Å². The molecular weight excluding hydrogens is 342 g/mol. The van der Waals surface area contributed by atoms with Crippen LogP contribution in [0, 0.1) is 0 Å². The molecule has 0 unspecified atom stereocenters. The van der Waals surface area contributed by atoms with Gasteiger partial charge in [-0.3, -0.25) is 4.79 Å². The number of benzene rings is 1. The number of carbonyl (C=O) groups is 3. The first-order valence-corrected chi connectivity index (χ1v) is 9.05. The molecule has 138 valence electrons. The predicted octanol–water partition coefficient (Wildman–Crippen LogP) is 2.95. The maximum atomic E-state index is 12.1. The van der Waals surface area contributed by atoms with E-state index < -0.39 is 23.7 Å². The Morgan fingerprint density at radius 3 is 2.36 bits per heavy atom. The van der Waals surface area contributed by atoms with Crippen molar-refractivity contribution < 1.29 is 23.9 Å². The lowest BCUT2D eigenvalue weighted by Gasteiger charge is -2.22. The van der Waals surface area contributed by atoms with E-state index in [0.717, 1.165) is 17.3 Å². The zero-order valence-corrected chi connectivity index (χ0v) is 15.9. The highest BCUT2D eigenvalue weighted by molar-refractivity contribution is 8.13. The summed E-state index contributed by atoms with van der Waals surface area (Å²) in [6.45, 7) is 7.04. The summed E-state index contributed by atoms with van der Waals surface area (Å²) in [5.41, 5.74) is 0.215. The summed E-state index contributed by atoms with van der Waals surface area (Å²) in [5, 5.41) is 2.38. The molecule has 0 aliphatic carbocycles.